The van der Waals surface area contributed by atoms with Crippen LogP contribution in [-0.4, -0.2) is 31.2 Å². The molecule has 1 aromatic carbocycles. The standard InChI is InChI=1S/C17H28N2O2.ClH/c1-14(2)11-17(3,13-18)19-16(20)12-21-10-9-15-7-5-4-6-8-15;/h4-8,14H,9-13,18H2,1-3H3,(H,19,20);1H. The molecule has 1 rings (SSSR count). The van der Waals surface area contributed by atoms with Gasteiger partial charge in [0.2, 0.25) is 5.91 Å². The smallest absolute Gasteiger partial charge is 0.246 e. The van der Waals surface area contributed by atoms with Gasteiger partial charge >= 0.3 is 0 Å². The molecule has 0 heterocycles. The molecule has 1 unspecified atom stereocenters. The molecule has 0 saturated heterocycles. The molecule has 0 aliphatic rings. The zero-order valence-corrected chi connectivity index (χ0v) is 14.6. The molecule has 1 amide bonds. The van der Waals surface area contributed by atoms with E-state index in [1.54, 1.807) is 0 Å². The maximum Gasteiger partial charge on any atom is 0.246 e. The van der Waals surface area contributed by atoms with Crippen LogP contribution in [-0.2, 0) is 16.0 Å². The first-order chi connectivity index (χ1) is 9.95. The van der Waals surface area contributed by atoms with Crippen molar-refractivity contribution in [1.82, 2.24) is 5.32 Å². The van der Waals surface area contributed by atoms with E-state index in [1.165, 1.54) is 5.56 Å². The van der Waals surface area contributed by atoms with Gasteiger partial charge in [-0.05, 0) is 31.2 Å². The van der Waals surface area contributed by atoms with Crippen LogP contribution in [0.1, 0.15) is 32.8 Å². The molecule has 0 aliphatic heterocycles. The Hall–Kier alpha value is -1.10. The van der Waals surface area contributed by atoms with Gasteiger partial charge < -0.3 is 15.8 Å². The van der Waals surface area contributed by atoms with E-state index in [9.17, 15) is 4.79 Å². The molecule has 0 fully saturated rings. The molecule has 0 saturated carbocycles. The van der Waals surface area contributed by atoms with Crippen molar-refractivity contribution in [3.63, 3.8) is 0 Å². The van der Waals surface area contributed by atoms with Crippen LogP contribution in [0.25, 0.3) is 0 Å². The third kappa shape index (κ3) is 8.37. The molecule has 5 heteroatoms. The average molecular weight is 329 g/mol. The predicted octanol–water partition coefficient (Wildman–Crippen LogP) is 2.55. The van der Waals surface area contributed by atoms with Gasteiger partial charge in [-0.15, -0.1) is 12.4 Å². The summed E-state index contributed by atoms with van der Waals surface area (Å²) in [5.41, 5.74) is 6.64. The number of halogens is 1. The molecule has 0 aromatic heterocycles. The van der Waals surface area contributed by atoms with Crippen molar-refractivity contribution in [3.8, 4) is 0 Å². The van der Waals surface area contributed by atoms with Gasteiger partial charge in [0.25, 0.3) is 0 Å². The van der Waals surface area contributed by atoms with Crippen LogP contribution in [0.4, 0.5) is 0 Å². The minimum absolute atomic E-state index is 0. The summed E-state index contributed by atoms with van der Waals surface area (Å²) in [6, 6.07) is 10.1. The largest absolute Gasteiger partial charge is 0.371 e. The monoisotopic (exact) mass is 328 g/mol. The van der Waals surface area contributed by atoms with E-state index in [1.807, 2.05) is 25.1 Å². The SMILES string of the molecule is CC(C)CC(C)(CN)NC(=O)COCCc1ccccc1.Cl. The van der Waals surface area contributed by atoms with Crippen molar-refractivity contribution in [3.05, 3.63) is 35.9 Å². The summed E-state index contributed by atoms with van der Waals surface area (Å²) in [4.78, 5) is 11.9. The first kappa shape index (κ1) is 20.9. The van der Waals surface area contributed by atoms with Gasteiger partial charge in [0.15, 0.2) is 0 Å². The quantitative estimate of drug-likeness (QED) is 0.685. The van der Waals surface area contributed by atoms with E-state index in [4.69, 9.17) is 10.5 Å². The Morgan fingerprint density at radius 3 is 2.50 bits per heavy atom. The first-order valence-electron chi connectivity index (χ1n) is 7.58. The molecule has 4 nitrogen and oxygen atoms in total. The minimum atomic E-state index is -0.353. The van der Waals surface area contributed by atoms with E-state index in [0.29, 0.717) is 19.1 Å². The number of nitrogens with one attached hydrogen (secondary N) is 1. The van der Waals surface area contributed by atoms with E-state index in [0.717, 1.165) is 12.8 Å². The van der Waals surface area contributed by atoms with Gasteiger partial charge in [-0.3, -0.25) is 4.79 Å². The summed E-state index contributed by atoms with van der Waals surface area (Å²) in [6.07, 6.45) is 1.67. The number of amides is 1. The van der Waals surface area contributed by atoms with Crippen LogP contribution in [0.5, 0.6) is 0 Å². The van der Waals surface area contributed by atoms with Crippen LogP contribution in [0.3, 0.4) is 0 Å². The third-order valence-corrected chi connectivity index (χ3v) is 3.36. The fraction of sp³-hybridized carbons (Fsp3) is 0.588. The molecule has 126 valence electrons. The van der Waals surface area contributed by atoms with Gasteiger partial charge in [0.1, 0.15) is 6.61 Å². The Morgan fingerprint density at radius 1 is 1.32 bits per heavy atom. The van der Waals surface area contributed by atoms with E-state index in [2.05, 4.69) is 31.3 Å². The zero-order valence-electron chi connectivity index (χ0n) is 13.8. The Kier molecular flexibility index (Phi) is 10.1. The van der Waals surface area contributed by atoms with Crippen molar-refractivity contribution in [1.29, 1.82) is 0 Å². The lowest BCUT2D eigenvalue weighted by molar-refractivity contribution is -0.127. The third-order valence-electron chi connectivity index (χ3n) is 3.36. The second-order valence-electron chi connectivity index (χ2n) is 6.20. The summed E-state index contributed by atoms with van der Waals surface area (Å²) in [5, 5.41) is 2.98. The van der Waals surface area contributed by atoms with Gasteiger partial charge in [0, 0.05) is 12.1 Å². The van der Waals surface area contributed by atoms with Crippen molar-refractivity contribution in [2.45, 2.75) is 39.2 Å². The van der Waals surface area contributed by atoms with Crippen molar-refractivity contribution in [2.75, 3.05) is 19.8 Å². The van der Waals surface area contributed by atoms with E-state index in [-0.39, 0.29) is 30.5 Å². The van der Waals surface area contributed by atoms with Gasteiger partial charge in [-0.2, -0.15) is 0 Å². The number of nitrogens with two attached hydrogens (primary N) is 1. The van der Waals surface area contributed by atoms with Gasteiger partial charge in [-0.25, -0.2) is 0 Å². The minimum Gasteiger partial charge on any atom is -0.371 e. The Labute approximate surface area is 140 Å². The van der Waals surface area contributed by atoms with Crippen LogP contribution in [0.2, 0.25) is 0 Å². The van der Waals surface area contributed by atoms with E-state index < -0.39 is 0 Å². The van der Waals surface area contributed by atoms with Crippen LogP contribution < -0.4 is 11.1 Å². The van der Waals surface area contributed by atoms with E-state index >= 15 is 0 Å². The molecule has 0 aliphatic carbocycles. The van der Waals surface area contributed by atoms with Gasteiger partial charge in [0.05, 0.1) is 6.61 Å². The number of rotatable bonds is 9. The number of hydrogen-bond donors (Lipinski definition) is 2. The molecule has 1 atom stereocenters. The Balaban J connectivity index is 0.00000441. The topological polar surface area (TPSA) is 64.3 Å². The molecule has 22 heavy (non-hydrogen) atoms. The second-order valence-corrected chi connectivity index (χ2v) is 6.20. The second kappa shape index (κ2) is 10.6. The maximum absolute atomic E-state index is 11.9. The number of benzene rings is 1. The Bertz CT molecular complexity index is 426. The predicted molar refractivity (Wildman–Crippen MR) is 93.3 cm³/mol. The summed E-state index contributed by atoms with van der Waals surface area (Å²) in [5.74, 6) is 0.384. The first-order valence-corrected chi connectivity index (χ1v) is 7.58. The van der Waals surface area contributed by atoms with Crippen LogP contribution in [0.15, 0.2) is 30.3 Å². The van der Waals surface area contributed by atoms with Crippen molar-refractivity contribution in [2.24, 2.45) is 11.7 Å². The number of hydrogen-bond acceptors (Lipinski definition) is 3. The molecule has 3 N–H and O–H groups in total. The maximum atomic E-state index is 11.9. The molecule has 0 spiro atoms. The fourth-order valence-electron chi connectivity index (χ4n) is 2.46. The molecular weight excluding hydrogens is 300 g/mol. The lowest BCUT2D eigenvalue weighted by atomic mass is 9.91. The fourth-order valence-corrected chi connectivity index (χ4v) is 2.46. The highest BCUT2D eigenvalue weighted by molar-refractivity contribution is 5.85. The van der Waals surface area contributed by atoms with Gasteiger partial charge in [-0.1, -0.05) is 44.2 Å². The highest BCUT2D eigenvalue weighted by Gasteiger charge is 2.25. The molecular formula is C17H29ClN2O2. The average Bonchev–Trinajstić information content (AvgIpc) is 2.44. The number of carbonyl (C=O) groups excluding carboxylic acids is 1. The number of ether oxygens (including phenoxy) is 1. The lowest BCUT2D eigenvalue weighted by Gasteiger charge is -2.31. The lowest BCUT2D eigenvalue weighted by Crippen LogP contribution is -2.53. The molecule has 1 aromatic rings. The summed E-state index contributed by atoms with van der Waals surface area (Å²) in [7, 11) is 0. The zero-order chi connectivity index (χ0) is 15.7. The van der Waals surface area contributed by atoms with Crippen LogP contribution in [0, 0.1) is 5.92 Å². The highest BCUT2D eigenvalue weighted by atomic mass is 35.5. The summed E-state index contributed by atoms with van der Waals surface area (Å²) >= 11 is 0. The molecule has 0 radical (unpaired) electrons. The Morgan fingerprint density at radius 2 is 1.95 bits per heavy atom. The number of carbonyl (C=O) groups is 1. The summed E-state index contributed by atoms with van der Waals surface area (Å²) < 4.78 is 5.44. The van der Waals surface area contributed by atoms with Crippen LogP contribution >= 0.6 is 12.4 Å². The highest BCUT2D eigenvalue weighted by Crippen LogP contribution is 2.15. The summed E-state index contributed by atoms with van der Waals surface area (Å²) in [6.45, 7) is 7.28. The normalized spacial score (nSPS) is 13.3. The molecule has 0 bridgehead atoms. The van der Waals surface area contributed by atoms with Crippen molar-refractivity contribution >= 4 is 18.3 Å². The van der Waals surface area contributed by atoms with Crippen molar-refractivity contribution < 1.29 is 9.53 Å².